The average Bonchev–Trinajstić information content (AvgIpc) is 3.06. The van der Waals surface area contributed by atoms with Crippen LogP contribution in [-0.2, 0) is 12.7 Å². The molecule has 5 nitrogen and oxygen atoms in total. The first-order valence-electron chi connectivity index (χ1n) is 14.0. The topological polar surface area (TPSA) is 79.3 Å². The van der Waals surface area contributed by atoms with Crippen molar-refractivity contribution in [3.05, 3.63) is 155 Å². The van der Waals surface area contributed by atoms with Crippen LogP contribution in [0.5, 0.6) is 0 Å². The lowest BCUT2D eigenvalue weighted by atomic mass is 9.91. The number of carbonyl (C=O) groups excluding carboxylic acids is 1. The van der Waals surface area contributed by atoms with Gasteiger partial charge in [-0.2, -0.15) is 13.2 Å². The highest BCUT2D eigenvalue weighted by atomic mass is 19.4. The normalized spacial score (nSPS) is 11.4. The van der Waals surface area contributed by atoms with Crippen molar-refractivity contribution in [2.24, 2.45) is 0 Å². The number of ketones is 1. The monoisotopic (exact) mass is 602 g/mol. The number of rotatable bonds is 8. The molecule has 8 heteroatoms. The summed E-state index contributed by atoms with van der Waals surface area (Å²) in [6, 6.07) is 34.1. The molecule has 0 atom stereocenters. The van der Waals surface area contributed by atoms with Crippen LogP contribution in [0.25, 0.3) is 33.2 Å². The molecule has 0 saturated heterocycles. The highest BCUT2D eigenvalue weighted by molar-refractivity contribution is 6.16. The van der Waals surface area contributed by atoms with Crippen LogP contribution >= 0.6 is 0 Å². The second-order valence-corrected chi connectivity index (χ2v) is 10.5. The minimum absolute atomic E-state index is 0.202. The van der Waals surface area contributed by atoms with E-state index in [2.05, 4.69) is 10.3 Å². The maximum absolute atomic E-state index is 13.9. The predicted octanol–water partition coefficient (Wildman–Crippen LogP) is 9.13. The zero-order valence-electron chi connectivity index (χ0n) is 23.7. The second-order valence-electron chi connectivity index (χ2n) is 10.5. The smallest absolute Gasteiger partial charge is 0.418 e. The van der Waals surface area contributed by atoms with Crippen molar-refractivity contribution in [2.75, 3.05) is 5.32 Å². The fourth-order valence-corrected chi connectivity index (χ4v) is 5.32. The Morgan fingerprint density at radius 1 is 0.711 bits per heavy atom. The van der Waals surface area contributed by atoms with E-state index in [1.54, 1.807) is 66.7 Å². The van der Waals surface area contributed by atoms with Gasteiger partial charge in [-0.15, -0.1) is 0 Å². The molecule has 0 aliphatic carbocycles. The second kappa shape index (κ2) is 12.1. The van der Waals surface area contributed by atoms with Gasteiger partial charge in [-0.3, -0.25) is 9.78 Å². The van der Waals surface area contributed by atoms with E-state index in [9.17, 15) is 27.9 Å². The van der Waals surface area contributed by atoms with Crippen molar-refractivity contribution in [3.8, 4) is 22.3 Å². The number of aromatic carboxylic acids is 1. The number of fused-ring (bicyclic) bond motifs is 1. The SMILES string of the molecule is O=C(O)c1cccc(-c2ccc(CNc3cccc(-c4c(C(=O)c5ccccc5)cnc5c(C(F)(F)F)cccc45)c3)cc2)c1. The van der Waals surface area contributed by atoms with Crippen LogP contribution in [0.4, 0.5) is 18.9 Å². The molecule has 0 radical (unpaired) electrons. The van der Waals surface area contributed by atoms with E-state index in [0.717, 1.165) is 22.8 Å². The van der Waals surface area contributed by atoms with Crippen molar-refractivity contribution in [1.82, 2.24) is 4.98 Å². The molecule has 0 fully saturated rings. The van der Waals surface area contributed by atoms with Gasteiger partial charge in [-0.05, 0) is 52.6 Å². The molecular formula is C37H25F3N2O3. The van der Waals surface area contributed by atoms with Crippen LogP contribution in [0.15, 0.2) is 128 Å². The highest BCUT2D eigenvalue weighted by Gasteiger charge is 2.34. The molecule has 0 aliphatic heterocycles. The first kappa shape index (κ1) is 29.3. The van der Waals surface area contributed by atoms with E-state index < -0.39 is 17.7 Å². The molecule has 0 amide bonds. The molecular weight excluding hydrogens is 577 g/mol. The number of carbonyl (C=O) groups is 2. The van der Waals surface area contributed by atoms with Gasteiger partial charge in [0, 0.05) is 40.5 Å². The van der Waals surface area contributed by atoms with E-state index in [-0.39, 0.29) is 27.8 Å². The molecule has 1 heterocycles. The fraction of sp³-hybridized carbons (Fsp3) is 0.0541. The van der Waals surface area contributed by atoms with Gasteiger partial charge in [-0.1, -0.05) is 91.0 Å². The molecule has 222 valence electrons. The molecule has 0 saturated carbocycles. The largest absolute Gasteiger partial charge is 0.478 e. The van der Waals surface area contributed by atoms with E-state index in [1.807, 2.05) is 42.5 Å². The lowest BCUT2D eigenvalue weighted by molar-refractivity contribution is -0.136. The average molecular weight is 603 g/mol. The molecule has 2 N–H and O–H groups in total. The number of carboxylic acids is 1. The van der Waals surface area contributed by atoms with Gasteiger partial charge in [0.15, 0.2) is 5.78 Å². The number of halogens is 3. The Morgan fingerprint density at radius 2 is 1.40 bits per heavy atom. The summed E-state index contributed by atoms with van der Waals surface area (Å²) in [7, 11) is 0. The van der Waals surface area contributed by atoms with Crippen LogP contribution in [0, 0.1) is 0 Å². The molecule has 0 bridgehead atoms. The minimum atomic E-state index is -4.62. The van der Waals surface area contributed by atoms with E-state index >= 15 is 0 Å². The highest BCUT2D eigenvalue weighted by Crippen LogP contribution is 2.39. The Morgan fingerprint density at radius 3 is 2.13 bits per heavy atom. The zero-order valence-corrected chi connectivity index (χ0v) is 23.7. The van der Waals surface area contributed by atoms with Gasteiger partial charge in [0.2, 0.25) is 0 Å². The number of para-hydroxylation sites is 1. The molecule has 0 unspecified atom stereocenters. The maximum atomic E-state index is 13.9. The summed E-state index contributed by atoms with van der Waals surface area (Å²) in [6.45, 7) is 0.448. The summed E-state index contributed by atoms with van der Waals surface area (Å²) in [5.74, 6) is -1.33. The predicted molar refractivity (Wildman–Crippen MR) is 168 cm³/mol. The third-order valence-corrected chi connectivity index (χ3v) is 7.53. The standard InChI is InChI=1S/C37H25F3N2O3/c38-37(39,40)32-14-6-13-30-33(31(22-42-34(30)32)35(43)25-7-2-1-3-8-25)27-10-5-12-29(20-27)41-21-23-15-17-24(18-16-23)26-9-4-11-28(19-26)36(44)45/h1-20,22,41H,21H2,(H,44,45). The van der Waals surface area contributed by atoms with Gasteiger partial charge < -0.3 is 10.4 Å². The Labute approximate surface area is 256 Å². The number of aromatic nitrogens is 1. The molecule has 5 aromatic carbocycles. The quantitative estimate of drug-likeness (QED) is 0.170. The lowest BCUT2D eigenvalue weighted by Gasteiger charge is -2.17. The number of pyridine rings is 1. The summed E-state index contributed by atoms with van der Waals surface area (Å²) in [5.41, 5.74) is 4.00. The lowest BCUT2D eigenvalue weighted by Crippen LogP contribution is -2.09. The first-order chi connectivity index (χ1) is 21.7. The number of alkyl halides is 3. The third-order valence-electron chi connectivity index (χ3n) is 7.53. The molecule has 0 aliphatic rings. The third kappa shape index (κ3) is 6.17. The van der Waals surface area contributed by atoms with Crippen LogP contribution in [-0.4, -0.2) is 21.8 Å². The van der Waals surface area contributed by atoms with Gasteiger partial charge in [0.25, 0.3) is 0 Å². The molecule has 45 heavy (non-hydrogen) atoms. The molecule has 6 rings (SSSR count). The number of anilines is 1. The number of nitrogens with zero attached hydrogens (tertiary/aromatic N) is 1. The minimum Gasteiger partial charge on any atom is -0.478 e. The Kier molecular flexibility index (Phi) is 7.87. The zero-order chi connectivity index (χ0) is 31.6. The Bertz CT molecular complexity index is 2040. The van der Waals surface area contributed by atoms with E-state index in [1.165, 1.54) is 12.3 Å². The fourth-order valence-electron chi connectivity index (χ4n) is 5.32. The van der Waals surface area contributed by atoms with Gasteiger partial charge >= 0.3 is 12.1 Å². The van der Waals surface area contributed by atoms with Crippen molar-refractivity contribution in [2.45, 2.75) is 12.7 Å². The van der Waals surface area contributed by atoms with Crippen molar-refractivity contribution in [3.63, 3.8) is 0 Å². The summed E-state index contributed by atoms with van der Waals surface area (Å²) in [5, 5.41) is 12.9. The number of hydrogen-bond acceptors (Lipinski definition) is 4. The summed E-state index contributed by atoms with van der Waals surface area (Å²) in [6.07, 6.45) is -3.39. The van der Waals surface area contributed by atoms with Crippen LogP contribution in [0.1, 0.15) is 37.4 Å². The summed E-state index contributed by atoms with van der Waals surface area (Å²) in [4.78, 5) is 29.1. The van der Waals surface area contributed by atoms with E-state index in [0.29, 0.717) is 28.9 Å². The number of hydrogen-bond donors (Lipinski definition) is 2. The molecule has 6 aromatic rings. The van der Waals surface area contributed by atoms with Crippen LogP contribution in [0.3, 0.4) is 0 Å². The van der Waals surface area contributed by atoms with Gasteiger partial charge in [0.05, 0.1) is 16.6 Å². The maximum Gasteiger partial charge on any atom is 0.418 e. The molecule has 0 spiro atoms. The van der Waals surface area contributed by atoms with Crippen LogP contribution in [0.2, 0.25) is 0 Å². The van der Waals surface area contributed by atoms with Crippen LogP contribution < -0.4 is 5.32 Å². The number of benzene rings is 5. The van der Waals surface area contributed by atoms with Gasteiger partial charge in [0.1, 0.15) is 0 Å². The Balaban J connectivity index is 1.34. The molecule has 1 aromatic heterocycles. The number of carboxylic acid groups (broad SMARTS) is 1. The summed E-state index contributed by atoms with van der Waals surface area (Å²) < 4.78 is 41.8. The first-order valence-corrected chi connectivity index (χ1v) is 14.0. The Hall–Kier alpha value is -5.76. The van der Waals surface area contributed by atoms with Gasteiger partial charge in [-0.25, -0.2) is 4.79 Å². The van der Waals surface area contributed by atoms with Crippen molar-refractivity contribution < 1.29 is 27.9 Å². The number of nitrogens with one attached hydrogen (secondary N) is 1. The van der Waals surface area contributed by atoms with Crippen molar-refractivity contribution in [1.29, 1.82) is 0 Å². The van der Waals surface area contributed by atoms with E-state index in [4.69, 9.17) is 0 Å². The summed E-state index contributed by atoms with van der Waals surface area (Å²) >= 11 is 0. The van der Waals surface area contributed by atoms with Crippen molar-refractivity contribution >= 4 is 28.3 Å².